The lowest BCUT2D eigenvalue weighted by molar-refractivity contribution is -0.143. The first kappa shape index (κ1) is 18.6. The topological polar surface area (TPSA) is 87.7 Å². The Bertz CT molecular complexity index is 661. The van der Waals surface area contributed by atoms with Crippen LogP contribution in [0.1, 0.15) is 38.5 Å². The second kappa shape index (κ2) is 8.49. The number of rotatable bonds is 6. The fourth-order valence-corrected chi connectivity index (χ4v) is 3.66. The molecule has 1 aromatic rings. The summed E-state index contributed by atoms with van der Waals surface area (Å²) >= 11 is 0. The maximum Gasteiger partial charge on any atom is 0.306 e. The van der Waals surface area contributed by atoms with E-state index in [4.69, 9.17) is 9.84 Å². The number of hydrogen-bond donors (Lipinski definition) is 3. The van der Waals surface area contributed by atoms with Gasteiger partial charge < -0.3 is 20.5 Å². The Hall–Kier alpha value is -2.15. The molecule has 1 aliphatic carbocycles. The van der Waals surface area contributed by atoms with Crippen molar-refractivity contribution in [3.63, 3.8) is 0 Å². The minimum atomic E-state index is -0.852. The zero-order chi connectivity index (χ0) is 18.5. The highest BCUT2D eigenvalue weighted by atomic mass is 19.1. The first-order chi connectivity index (χ1) is 12.5. The van der Waals surface area contributed by atoms with Gasteiger partial charge in [-0.1, -0.05) is 6.42 Å². The lowest BCUT2D eigenvalue weighted by atomic mass is 9.81. The van der Waals surface area contributed by atoms with E-state index in [1.165, 1.54) is 6.07 Å². The van der Waals surface area contributed by atoms with E-state index in [0.29, 0.717) is 37.2 Å². The Morgan fingerprint density at radius 2 is 2.00 bits per heavy atom. The number of carbonyl (C=O) groups is 2. The van der Waals surface area contributed by atoms with E-state index < -0.39 is 17.7 Å². The number of carboxylic acid groups (broad SMARTS) is 1. The molecule has 2 aliphatic rings. The smallest absolute Gasteiger partial charge is 0.306 e. The summed E-state index contributed by atoms with van der Waals surface area (Å²) in [5.41, 5.74) is 0.759. The minimum absolute atomic E-state index is 0.113. The van der Waals surface area contributed by atoms with Gasteiger partial charge in [-0.25, -0.2) is 4.39 Å². The van der Waals surface area contributed by atoms with Crippen molar-refractivity contribution < 1.29 is 23.8 Å². The van der Waals surface area contributed by atoms with Gasteiger partial charge >= 0.3 is 5.97 Å². The van der Waals surface area contributed by atoms with Crippen LogP contribution < -0.4 is 10.6 Å². The monoisotopic (exact) mass is 364 g/mol. The minimum Gasteiger partial charge on any atom is -0.481 e. The molecule has 1 saturated heterocycles. The maximum absolute atomic E-state index is 14.3. The second-order valence-corrected chi connectivity index (χ2v) is 7.10. The number of nitrogens with one attached hydrogen (secondary N) is 2. The van der Waals surface area contributed by atoms with Crippen molar-refractivity contribution in [3.05, 3.63) is 24.0 Å². The molecule has 142 valence electrons. The number of benzene rings is 1. The number of aliphatic carboxylic acids is 1. The first-order valence-electron chi connectivity index (χ1n) is 9.21. The van der Waals surface area contributed by atoms with E-state index in [0.717, 1.165) is 25.9 Å². The predicted octanol–water partition coefficient (Wildman–Crippen LogP) is 3.25. The molecule has 1 saturated carbocycles. The zero-order valence-electron chi connectivity index (χ0n) is 14.7. The number of carboxylic acids is 1. The summed E-state index contributed by atoms with van der Waals surface area (Å²) < 4.78 is 19.8. The van der Waals surface area contributed by atoms with Crippen molar-refractivity contribution in [1.29, 1.82) is 0 Å². The van der Waals surface area contributed by atoms with Crippen molar-refractivity contribution in [2.45, 2.75) is 44.6 Å². The van der Waals surface area contributed by atoms with Crippen molar-refractivity contribution in [1.82, 2.24) is 0 Å². The average Bonchev–Trinajstić information content (AvgIpc) is 3.14. The Kier molecular flexibility index (Phi) is 6.08. The van der Waals surface area contributed by atoms with Crippen LogP contribution in [-0.2, 0) is 14.3 Å². The highest BCUT2D eigenvalue weighted by molar-refractivity contribution is 5.93. The van der Waals surface area contributed by atoms with Crippen LogP contribution in [0.5, 0.6) is 0 Å². The molecule has 3 atom stereocenters. The molecular weight excluding hydrogens is 339 g/mol. The Balaban J connectivity index is 1.54. The lowest BCUT2D eigenvalue weighted by Gasteiger charge is -2.25. The van der Waals surface area contributed by atoms with Crippen LogP contribution in [0.3, 0.4) is 0 Å². The molecule has 3 N–H and O–H groups in total. The number of ether oxygens (including phenoxy) is 1. The van der Waals surface area contributed by atoms with Gasteiger partial charge in [0.05, 0.1) is 17.7 Å². The molecule has 1 heterocycles. The third-order valence-corrected chi connectivity index (χ3v) is 5.18. The van der Waals surface area contributed by atoms with Crippen LogP contribution in [-0.4, -0.2) is 36.2 Å². The number of amides is 1. The van der Waals surface area contributed by atoms with Gasteiger partial charge in [0, 0.05) is 24.8 Å². The molecule has 1 aromatic carbocycles. The third-order valence-electron chi connectivity index (χ3n) is 5.18. The molecular formula is C19H25FN2O4. The number of anilines is 2. The van der Waals surface area contributed by atoms with Crippen LogP contribution in [0.2, 0.25) is 0 Å². The van der Waals surface area contributed by atoms with Gasteiger partial charge in [-0.3, -0.25) is 9.59 Å². The fourth-order valence-electron chi connectivity index (χ4n) is 3.66. The van der Waals surface area contributed by atoms with Crippen molar-refractivity contribution >= 4 is 23.3 Å². The van der Waals surface area contributed by atoms with Crippen LogP contribution in [0.4, 0.5) is 15.8 Å². The summed E-state index contributed by atoms with van der Waals surface area (Å²) in [6, 6.07) is 4.53. The van der Waals surface area contributed by atoms with Crippen LogP contribution in [0.15, 0.2) is 18.2 Å². The van der Waals surface area contributed by atoms with E-state index in [1.54, 1.807) is 12.1 Å². The molecule has 3 unspecified atom stereocenters. The molecule has 0 spiro atoms. The summed E-state index contributed by atoms with van der Waals surface area (Å²) in [4.78, 5) is 23.5. The van der Waals surface area contributed by atoms with Gasteiger partial charge in [0.1, 0.15) is 5.82 Å². The van der Waals surface area contributed by atoms with Gasteiger partial charge in [-0.15, -0.1) is 0 Å². The molecule has 6 nitrogen and oxygen atoms in total. The zero-order valence-corrected chi connectivity index (χ0v) is 14.7. The van der Waals surface area contributed by atoms with Crippen LogP contribution >= 0.6 is 0 Å². The van der Waals surface area contributed by atoms with E-state index in [2.05, 4.69) is 10.6 Å². The Morgan fingerprint density at radius 1 is 1.19 bits per heavy atom. The van der Waals surface area contributed by atoms with Crippen molar-refractivity contribution in [2.24, 2.45) is 11.8 Å². The van der Waals surface area contributed by atoms with E-state index in [-0.39, 0.29) is 17.9 Å². The van der Waals surface area contributed by atoms with Gasteiger partial charge in [0.15, 0.2) is 0 Å². The van der Waals surface area contributed by atoms with Crippen LogP contribution in [0, 0.1) is 17.7 Å². The number of halogens is 1. The summed E-state index contributed by atoms with van der Waals surface area (Å²) in [6.07, 6.45) is 4.45. The van der Waals surface area contributed by atoms with E-state index in [1.807, 2.05) is 0 Å². The molecule has 2 fully saturated rings. The van der Waals surface area contributed by atoms with Crippen molar-refractivity contribution in [3.8, 4) is 0 Å². The van der Waals surface area contributed by atoms with E-state index >= 15 is 0 Å². The standard InChI is InChI=1S/C19H25FN2O4/c20-16-10-14(6-7-17(16)21-11-15-5-2-8-26-15)22-18(23)12-3-1-4-13(9-12)19(24)25/h6-7,10,12-13,15,21H,1-5,8-9,11H2,(H,22,23)(H,24,25). The average molecular weight is 364 g/mol. The number of carbonyl (C=O) groups excluding carboxylic acids is 1. The molecule has 0 bridgehead atoms. The predicted molar refractivity (Wildman–Crippen MR) is 95.6 cm³/mol. The molecule has 7 heteroatoms. The Morgan fingerprint density at radius 3 is 2.69 bits per heavy atom. The quantitative estimate of drug-likeness (QED) is 0.721. The summed E-state index contributed by atoms with van der Waals surface area (Å²) in [6.45, 7) is 1.31. The fraction of sp³-hybridized carbons (Fsp3) is 0.579. The van der Waals surface area contributed by atoms with Gasteiger partial charge in [-0.2, -0.15) is 0 Å². The van der Waals surface area contributed by atoms with Gasteiger partial charge in [0.2, 0.25) is 5.91 Å². The normalized spacial score (nSPS) is 25.7. The van der Waals surface area contributed by atoms with E-state index in [9.17, 15) is 14.0 Å². The summed E-state index contributed by atoms with van der Waals surface area (Å²) in [5.74, 6) is -2.34. The second-order valence-electron chi connectivity index (χ2n) is 7.10. The largest absolute Gasteiger partial charge is 0.481 e. The maximum atomic E-state index is 14.3. The first-order valence-corrected chi connectivity index (χ1v) is 9.21. The summed E-state index contributed by atoms with van der Waals surface area (Å²) in [7, 11) is 0. The SMILES string of the molecule is O=C(O)C1CCCC(C(=O)Nc2ccc(NCC3CCCO3)c(F)c2)C1. The Labute approximate surface area is 152 Å². The number of hydrogen-bond acceptors (Lipinski definition) is 4. The van der Waals surface area contributed by atoms with Crippen molar-refractivity contribution in [2.75, 3.05) is 23.8 Å². The highest BCUT2D eigenvalue weighted by Crippen LogP contribution is 2.30. The molecule has 0 aromatic heterocycles. The summed E-state index contributed by atoms with van der Waals surface area (Å²) in [5, 5.41) is 14.9. The highest BCUT2D eigenvalue weighted by Gasteiger charge is 2.31. The van der Waals surface area contributed by atoms with Gasteiger partial charge in [0.25, 0.3) is 0 Å². The third kappa shape index (κ3) is 4.72. The molecule has 1 aliphatic heterocycles. The van der Waals surface area contributed by atoms with Gasteiger partial charge in [-0.05, 0) is 50.3 Å². The molecule has 26 heavy (non-hydrogen) atoms. The lowest BCUT2D eigenvalue weighted by Crippen LogP contribution is -2.31. The molecule has 0 radical (unpaired) electrons. The molecule has 3 rings (SSSR count). The van der Waals surface area contributed by atoms with Crippen LogP contribution in [0.25, 0.3) is 0 Å². The molecule has 1 amide bonds.